The van der Waals surface area contributed by atoms with Gasteiger partial charge >= 0.3 is 6.18 Å². The molecule has 9 heteroatoms. The van der Waals surface area contributed by atoms with Crippen LogP contribution in [0.3, 0.4) is 0 Å². The van der Waals surface area contributed by atoms with Gasteiger partial charge in [0.05, 0.1) is 0 Å². The summed E-state index contributed by atoms with van der Waals surface area (Å²) in [6.07, 6.45) is -1.03. The maximum atomic E-state index is 11.9. The van der Waals surface area contributed by atoms with Crippen LogP contribution in [0.4, 0.5) is 13.2 Å². The first kappa shape index (κ1) is 15.7. The highest BCUT2D eigenvalue weighted by molar-refractivity contribution is 7.87. The van der Waals surface area contributed by atoms with Crippen molar-refractivity contribution in [3.63, 3.8) is 0 Å². The van der Waals surface area contributed by atoms with Crippen LogP contribution >= 0.6 is 0 Å². The quantitative estimate of drug-likeness (QED) is 0.665. The lowest BCUT2D eigenvalue weighted by molar-refractivity contribution is -0.121. The normalized spacial score (nSPS) is 20.2. The van der Waals surface area contributed by atoms with Crippen LogP contribution in [-0.4, -0.2) is 34.2 Å². The summed E-state index contributed by atoms with van der Waals surface area (Å²) in [5.74, 6) is 0. The molecule has 0 bridgehead atoms. The second-order valence-corrected chi connectivity index (χ2v) is 6.26. The standard InChI is InChI=1S/C9H18F3N3O2S/c10-9(11,12)7-15-18(16,17)14-6-8(5-13)3-1-2-4-8/h14-15H,1-7,13H2. The number of hydrogen-bond donors (Lipinski definition) is 3. The molecule has 0 spiro atoms. The van der Waals surface area contributed by atoms with E-state index < -0.39 is 22.9 Å². The molecule has 108 valence electrons. The van der Waals surface area contributed by atoms with E-state index in [9.17, 15) is 21.6 Å². The van der Waals surface area contributed by atoms with Crippen LogP contribution in [0.15, 0.2) is 0 Å². The summed E-state index contributed by atoms with van der Waals surface area (Å²) in [6.45, 7) is -1.16. The lowest BCUT2D eigenvalue weighted by Gasteiger charge is -2.27. The first-order chi connectivity index (χ1) is 8.18. The fourth-order valence-electron chi connectivity index (χ4n) is 2.05. The van der Waals surface area contributed by atoms with E-state index in [0.717, 1.165) is 25.7 Å². The molecule has 0 aromatic rings. The zero-order valence-electron chi connectivity index (χ0n) is 9.89. The lowest BCUT2D eigenvalue weighted by Crippen LogP contribution is -2.47. The van der Waals surface area contributed by atoms with Gasteiger partial charge in [-0.25, -0.2) is 4.72 Å². The second kappa shape index (κ2) is 5.72. The summed E-state index contributed by atoms with van der Waals surface area (Å²) < 4.78 is 61.9. The Morgan fingerprint density at radius 3 is 2.17 bits per heavy atom. The zero-order valence-corrected chi connectivity index (χ0v) is 10.7. The molecule has 1 aliphatic rings. The summed E-state index contributed by atoms with van der Waals surface area (Å²) in [5, 5.41) is 0. The molecule has 0 unspecified atom stereocenters. The van der Waals surface area contributed by atoms with Crippen molar-refractivity contribution in [2.24, 2.45) is 11.1 Å². The van der Waals surface area contributed by atoms with Crippen molar-refractivity contribution in [1.29, 1.82) is 0 Å². The van der Waals surface area contributed by atoms with E-state index in [4.69, 9.17) is 5.73 Å². The van der Waals surface area contributed by atoms with Gasteiger partial charge < -0.3 is 5.73 Å². The topological polar surface area (TPSA) is 84.2 Å². The summed E-state index contributed by atoms with van der Waals surface area (Å²) in [5.41, 5.74) is 5.29. The molecule has 0 atom stereocenters. The van der Waals surface area contributed by atoms with Crippen LogP contribution in [0.2, 0.25) is 0 Å². The van der Waals surface area contributed by atoms with E-state index in [2.05, 4.69) is 4.72 Å². The summed E-state index contributed by atoms with van der Waals surface area (Å²) in [6, 6.07) is 0. The fourth-order valence-corrected chi connectivity index (χ4v) is 3.01. The first-order valence-electron chi connectivity index (χ1n) is 5.69. The third-order valence-electron chi connectivity index (χ3n) is 3.20. The number of nitrogens with one attached hydrogen (secondary N) is 2. The van der Waals surface area contributed by atoms with E-state index in [1.54, 1.807) is 0 Å². The average molecular weight is 289 g/mol. The number of nitrogens with two attached hydrogens (primary N) is 1. The van der Waals surface area contributed by atoms with E-state index in [-0.39, 0.29) is 12.0 Å². The van der Waals surface area contributed by atoms with Gasteiger partial charge in [0.1, 0.15) is 6.54 Å². The Kier molecular flexibility index (Phi) is 4.98. The fraction of sp³-hybridized carbons (Fsp3) is 1.00. The van der Waals surface area contributed by atoms with E-state index in [1.165, 1.54) is 4.72 Å². The molecule has 0 heterocycles. The van der Waals surface area contributed by atoms with Crippen molar-refractivity contribution in [3.05, 3.63) is 0 Å². The molecular weight excluding hydrogens is 271 g/mol. The summed E-state index contributed by atoms with van der Waals surface area (Å²) in [7, 11) is -4.13. The van der Waals surface area contributed by atoms with Gasteiger partial charge in [-0.1, -0.05) is 12.8 Å². The Labute approximate surface area is 104 Å². The Morgan fingerprint density at radius 1 is 1.17 bits per heavy atom. The number of alkyl halides is 3. The minimum Gasteiger partial charge on any atom is -0.330 e. The highest BCUT2D eigenvalue weighted by Crippen LogP contribution is 2.36. The molecule has 1 fully saturated rings. The maximum absolute atomic E-state index is 11.9. The molecule has 18 heavy (non-hydrogen) atoms. The minimum absolute atomic E-state index is 0.0801. The predicted molar refractivity (Wildman–Crippen MR) is 60.9 cm³/mol. The van der Waals surface area contributed by atoms with Crippen molar-refractivity contribution in [3.8, 4) is 0 Å². The molecule has 0 aliphatic heterocycles. The Morgan fingerprint density at radius 2 is 1.72 bits per heavy atom. The number of hydrogen-bond acceptors (Lipinski definition) is 3. The second-order valence-electron chi connectivity index (χ2n) is 4.67. The molecule has 1 aliphatic carbocycles. The van der Waals surface area contributed by atoms with Crippen LogP contribution in [0.25, 0.3) is 0 Å². The molecule has 5 nitrogen and oxygen atoms in total. The van der Waals surface area contributed by atoms with E-state index >= 15 is 0 Å². The largest absolute Gasteiger partial charge is 0.402 e. The van der Waals surface area contributed by atoms with Crippen LogP contribution in [0.5, 0.6) is 0 Å². The Hall–Kier alpha value is -0.380. The van der Waals surface area contributed by atoms with Crippen molar-refractivity contribution in [2.75, 3.05) is 19.6 Å². The molecule has 0 saturated heterocycles. The van der Waals surface area contributed by atoms with Gasteiger partial charge in [-0.2, -0.15) is 26.3 Å². The van der Waals surface area contributed by atoms with Crippen molar-refractivity contribution >= 4 is 10.2 Å². The predicted octanol–water partition coefficient (Wildman–Crippen LogP) is 0.492. The molecule has 1 rings (SSSR count). The lowest BCUT2D eigenvalue weighted by atomic mass is 9.87. The van der Waals surface area contributed by atoms with Crippen LogP contribution in [0.1, 0.15) is 25.7 Å². The average Bonchev–Trinajstić information content (AvgIpc) is 2.73. The zero-order chi connectivity index (χ0) is 13.9. The summed E-state index contributed by atoms with van der Waals surface area (Å²) >= 11 is 0. The van der Waals surface area contributed by atoms with Crippen molar-refractivity contribution in [2.45, 2.75) is 31.9 Å². The molecule has 4 N–H and O–H groups in total. The SMILES string of the molecule is NCC1(CNS(=O)(=O)NCC(F)(F)F)CCCC1. The molecular formula is C9H18F3N3O2S. The van der Waals surface area contributed by atoms with E-state index in [0.29, 0.717) is 6.54 Å². The molecule has 0 amide bonds. The monoisotopic (exact) mass is 289 g/mol. The van der Waals surface area contributed by atoms with Crippen LogP contribution in [-0.2, 0) is 10.2 Å². The van der Waals surface area contributed by atoms with E-state index in [1.807, 2.05) is 0 Å². The number of rotatable bonds is 6. The minimum atomic E-state index is -4.56. The van der Waals surface area contributed by atoms with Crippen molar-refractivity contribution < 1.29 is 21.6 Å². The Bertz CT molecular complexity index is 364. The van der Waals surface area contributed by atoms with Crippen LogP contribution < -0.4 is 15.2 Å². The first-order valence-corrected chi connectivity index (χ1v) is 7.17. The van der Waals surface area contributed by atoms with Gasteiger partial charge in [0.2, 0.25) is 0 Å². The highest BCUT2D eigenvalue weighted by atomic mass is 32.2. The summed E-state index contributed by atoms with van der Waals surface area (Å²) in [4.78, 5) is 0. The third-order valence-corrected chi connectivity index (χ3v) is 4.25. The van der Waals surface area contributed by atoms with Crippen molar-refractivity contribution in [1.82, 2.24) is 9.44 Å². The molecule has 0 radical (unpaired) electrons. The van der Waals surface area contributed by atoms with Gasteiger partial charge in [-0.3, -0.25) is 0 Å². The van der Waals surface area contributed by atoms with Crippen LogP contribution in [0, 0.1) is 5.41 Å². The Balaban J connectivity index is 2.46. The smallest absolute Gasteiger partial charge is 0.330 e. The molecule has 0 aromatic carbocycles. The van der Waals surface area contributed by atoms with Gasteiger partial charge in [-0.15, -0.1) is 0 Å². The van der Waals surface area contributed by atoms with Gasteiger partial charge in [-0.05, 0) is 24.8 Å². The number of halogens is 3. The van der Waals surface area contributed by atoms with Gasteiger partial charge in [0.15, 0.2) is 0 Å². The van der Waals surface area contributed by atoms with Gasteiger partial charge in [0.25, 0.3) is 10.2 Å². The maximum Gasteiger partial charge on any atom is 0.402 e. The highest BCUT2D eigenvalue weighted by Gasteiger charge is 2.34. The van der Waals surface area contributed by atoms with Gasteiger partial charge in [0, 0.05) is 6.54 Å². The third kappa shape index (κ3) is 5.09. The molecule has 1 saturated carbocycles. The molecule has 0 aromatic heterocycles.